The first kappa shape index (κ1) is 41.1. The molecule has 0 saturated heterocycles. The Morgan fingerprint density at radius 2 is 0.837 bits per heavy atom. The van der Waals surface area contributed by atoms with E-state index in [4.69, 9.17) is 33.2 Å². The number of carboxylic acid groups (broad SMARTS) is 3. The Hall–Kier alpha value is -1.87. The predicted molar refractivity (Wildman–Crippen MR) is 158 cm³/mol. The monoisotopic (exact) mass is 624 g/mol. The molecule has 0 bridgehead atoms. The molecule has 3 N–H and O–H groups in total. The van der Waals surface area contributed by atoms with Gasteiger partial charge < -0.3 is 48.5 Å². The van der Waals surface area contributed by atoms with E-state index in [0.717, 1.165) is 38.5 Å². The van der Waals surface area contributed by atoms with Crippen LogP contribution in [0.25, 0.3) is 0 Å². The summed E-state index contributed by atoms with van der Waals surface area (Å²) in [6, 6.07) is 0. The van der Waals surface area contributed by atoms with E-state index in [-0.39, 0.29) is 72.3 Å². The number of hydrogen-bond donors (Lipinski definition) is 3. The molecule has 0 aliphatic carbocycles. The second kappa shape index (κ2) is 26.5. The number of ether oxygens (including phenoxy) is 7. The quantitative estimate of drug-likeness (QED) is 0.0903. The molecular formula is C30H56O13. The molecule has 0 spiro atoms. The Morgan fingerprint density at radius 1 is 0.488 bits per heavy atom. The number of carbonyl (C=O) groups is 3. The van der Waals surface area contributed by atoms with E-state index >= 15 is 0 Å². The van der Waals surface area contributed by atoms with E-state index < -0.39 is 35.3 Å². The van der Waals surface area contributed by atoms with Gasteiger partial charge in [-0.15, -0.1) is 0 Å². The minimum atomic E-state index is -2.63. The number of unbranched alkanes of at least 4 members (excludes halogenated alkanes) is 3. The molecule has 0 fully saturated rings. The van der Waals surface area contributed by atoms with Crippen LogP contribution in [-0.4, -0.2) is 125 Å². The van der Waals surface area contributed by atoms with Gasteiger partial charge in [0, 0.05) is 33.0 Å². The summed E-state index contributed by atoms with van der Waals surface area (Å²) >= 11 is 0. The maximum absolute atomic E-state index is 12.9. The zero-order chi connectivity index (χ0) is 32.2. The fourth-order valence-corrected chi connectivity index (χ4v) is 4.30. The Kier molecular flexibility index (Phi) is 25.4. The Bertz CT molecular complexity index is 698. The van der Waals surface area contributed by atoms with E-state index in [2.05, 4.69) is 0 Å². The molecule has 0 heterocycles. The summed E-state index contributed by atoms with van der Waals surface area (Å²) in [4.78, 5) is 37.7. The first-order valence-electron chi connectivity index (χ1n) is 15.5. The SMILES string of the molecule is CCCCOCCOCCOC(CC(=O)O)(C(=O)O)C(CCOCCOCCCC)(CCOCCOCCCC)C(=O)O. The summed E-state index contributed by atoms with van der Waals surface area (Å²) in [6.07, 6.45) is 3.91. The third-order valence-corrected chi connectivity index (χ3v) is 6.89. The maximum Gasteiger partial charge on any atom is 0.337 e. The molecule has 1 atom stereocenters. The lowest BCUT2D eigenvalue weighted by Gasteiger charge is -2.44. The molecule has 0 aromatic rings. The molecule has 1 unspecified atom stereocenters. The van der Waals surface area contributed by atoms with Crippen molar-refractivity contribution >= 4 is 17.9 Å². The van der Waals surface area contributed by atoms with E-state index in [9.17, 15) is 29.7 Å². The normalized spacial score (nSPS) is 13.2. The second-order valence-corrected chi connectivity index (χ2v) is 10.2. The molecule has 43 heavy (non-hydrogen) atoms. The van der Waals surface area contributed by atoms with Gasteiger partial charge in [-0.2, -0.15) is 0 Å². The number of rotatable bonds is 33. The smallest absolute Gasteiger partial charge is 0.337 e. The molecule has 0 saturated carbocycles. The topological polar surface area (TPSA) is 177 Å². The average molecular weight is 625 g/mol. The van der Waals surface area contributed by atoms with Gasteiger partial charge in [0.2, 0.25) is 0 Å². The summed E-state index contributed by atoms with van der Waals surface area (Å²) < 4.78 is 38.7. The lowest BCUT2D eigenvalue weighted by atomic mass is 9.65. The average Bonchev–Trinajstić information content (AvgIpc) is 2.96. The summed E-state index contributed by atoms with van der Waals surface area (Å²) in [7, 11) is 0. The molecular weight excluding hydrogens is 568 g/mol. The molecule has 254 valence electrons. The number of aliphatic carboxylic acids is 3. The summed E-state index contributed by atoms with van der Waals surface area (Å²) in [5, 5.41) is 30.6. The van der Waals surface area contributed by atoms with Crippen molar-refractivity contribution in [3.63, 3.8) is 0 Å². The third-order valence-electron chi connectivity index (χ3n) is 6.89. The highest BCUT2D eigenvalue weighted by Crippen LogP contribution is 2.45. The molecule has 0 aliphatic rings. The summed E-state index contributed by atoms with van der Waals surface area (Å²) in [6.45, 7) is 8.57. The first-order valence-corrected chi connectivity index (χ1v) is 15.5. The predicted octanol–water partition coefficient (Wildman–Crippen LogP) is 3.65. The van der Waals surface area contributed by atoms with Crippen LogP contribution in [0.3, 0.4) is 0 Å². The van der Waals surface area contributed by atoms with Crippen molar-refractivity contribution in [3.05, 3.63) is 0 Å². The zero-order valence-electron chi connectivity index (χ0n) is 26.5. The highest BCUT2D eigenvalue weighted by molar-refractivity contribution is 5.92. The first-order chi connectivity index (χ1) is 20.7. The van der Waals surface area contributed by atoms with Crippen molar-refractivity contribution in [3.8, 4) is 0 Å². The molecule has 13 nitrogen and oxygen atoms in total. The molecule has 13 heteroatoms. The Labute approximate surface area is 256 Å². The van der Waals surface area contributed by atoms with Gasteiger partial charge in [-0.05, 0) is 32.1 Å². The highest BCUT2D eigenvalue weighted by atomic mass is 16.6. The van der Waals surface area contributed by atoms with Crippen molar-refractivity contribution in [2.75, 3.05) is 85.9 Å². The largest absolute Gasteiger partial charge is 0.481 e. The van der Waals surface area contributed by atoms with Crippen molar-refractivity contribution in [2.45, 2.75) is 84.2 Å². The van der Waals surface area contributed by atoms with Gasteiger partial charge in [0.25, 0.3) is 0 Å². The van der Waals surface area contributed by atoms with Crippen LogP contribution >= 0.6 is 0 Å². The van der Waals surface area contributed by atoms with Gasteiger partial charge in [-0.1, -0.05) is 40.0 Å². The van der Waals surface area contributed by atoms with Crippen molar-refractivity contribution in [2.24, 2.45) is 5.41 Å². The van der Waals surface area contributed by atoms with Crippen LogP contribution in [0, 0.1) is 5.41 Å². The standard InChI is InChI=1S/C30H56O13/c1-4-7-12-37-17-20-40-15-10-29(27(33)34,11-16-41-21-18-38-13-8-5-2)30(28(35)36,25-26(31)32)43-24-23-42-22-19-39-14-9-6-3/h4-25H2,1-3H3,(H,31,32)(H,33,34)(H,35,36). The Balaban J connectivity index is 5.68. The number of hydrogen-bond acceptors (Lipinski definition) is 10. The van der Waals surface area contributed by atoms with E-state index in [1.165, 1.54) is 0 Å². The Morgan fingerprint density at radius 3 is 1.16 bits per heavy atom. The van der Waals surface area contributed by atoms with Crippen molar-refractivity contribution < 1.29 is 62.9 Å². The molecule has 0 rings (SSSR count). The van der Waals surface area contributed by atoms with Crippen LogP contribution in [0.2, 0.25) is 0 Å². The van der Waals surface area contributed by atoms with Crippen LogP contribution in [0.1, 0.15) is 78.6 Å². The summed E-state index contributed by atoms with van der Waals surface area (Å²) in [5.41, 5.74) is -4.83. The maximum atomic E-state index is 12.9. The van der Waals surface area contributed by atoms with Crippen LogP contribution < -0.4 is 0 Å². The molecule has 0 aliphatic heterocycles. The minimum Gasteiger partial charge on any atom is -0.481 e. The molecule has 0 radical (unpaired) electrons. The molecule has 0 aromatic heterocycles. The zero-order valence-corrected chi connectivity index (χ0v) is 26.5. The van der Waals surface area contributed by atoms with Crippen LogP contribution in [-0.2, 0) is 47.5 Å². The van der Waals surface area contributed by atoms with Gasteiger partial charge in [0.1, 0.15) is 5.41 Å². The third kappa shape index (κ3) is 17.3. The van der Waals surface area contributed by atoms with Crippen LogP contribution in [0.4, 0.5) is 0 Å². The second-order valence-electron chi connectivity index (χ2n) is 10.2. The molecule has 0 aromatic carbocycles. The lowest BCUT2D eigenvalue weighted by molar-refractivity contribution is -0.212. The van der Waals surface area contributed by atoms with E-state index in [1.807, 2.05) is 20.8 Å². The minimum absolute atomic E-state index is 0.0846. The van der Waals surface area contributed by atoms with Gasteiger partial charge in [-0.3, -0.25) is 9.59 Å². The fourth-order valence-electron chi connectivity index (χ4n) is 4.30. The highest BCUT2D eigenvalue weighted by Gasteiger charge is 2.63. The van der Waals surface area contributed by atoms with Crippen molar-refractivity contribution in [1.82, 2.24) is 0 Å². The molecule has 0 amide bonds. The number of carboxylic acids is 3. The van der Waals surface area contributed by atoms with E-state index in [0.29, 0.717) is 26.4 Å². The van der Waals surface area contributed by atoms with Gasteiger partial charge in [-0.25, -0.2) is 4.79 Å². The van der Waals surface area contributed by atoms with Crippen LogP contribution in [0.15, 0.2) is 0 Å². The van der Waals surface area contributed by atoms with Gasteiger partial charge in [0.15, 0.2) is 5.60 Å². The fraction of sp³-hybridized carbons (Fsp3) is 0.900. The summed E-state index contributed by atoms with van der Waals surface area (Å²) in [5.74, 6) is -4.74. The van der Waals surface area contributed by atoms with Gasteiger partial charge in [0.05, 0.1) is 59.3 Å². The van der Waals surface area contributed by atoms with Gasteiger partial charge >= 0.3 is 17.9 Å². The van der Waals surface area contributed by atoms with Crippen LogP contribution in [0.5, 0.6) is 0 Å². The van der Waals surface area contributed by atoms with Crippen molar-refractivity contribution in [1.29, 1.82) is 0 Å². The lowest BCUT2D eigenvalue weighted by Crippen LogP contribution is -2.62. The van der Waals surface area contributed by atoms with E-state index in [1.54, 1.807) is 0 Å².